The number of benzene rings is 2. The van der Waals surface area contributed by atoms with E-state index in [4.69, 9.17) is 27.9 Å². The van der Waals surface area contributed by atoms with E-state index in [0.29, 0.717) is 21.5 Å². The first-order valence-corrected chi connectivity index (χ1v) is 14.2. The van der Waals surface area contributed by atoms with Crippen LogP contribution in [0.3, 0.4) is 0 Å². The molecule has 1 saturated heterocycles. The maximum Gasteiger partial charge on any atom is 0.232 e. The molecule has 1 amide bonds. The molecule has 1 aliphatic carbocycles. The van der Waals surface area contributed by atoms with Gasteiger partial charge in [0.2, 0.25) is 5.91 Å². The van der Waals surface area contributed by atoms with Gasteiger partial charge in [-0.25, -0.2) is 0 Å². The molecule has 2 aromatic carbocycles. The van der Waals surface area contributed by atoms with Gasteiger partial charge in [-0.3, -0.25) is 4.79 Å². The Bertz CT molecular complexity index is 1010. The van der Waals surface area contributed by atoms with Crippen LogP contribution in [0.5, 0.6) is 11.5 Å². The number of hydrogen-bond acceptors (Lipinski definition) is 2. The van der Waals surface area contributed by atoms with Crippen molar-refractivity contribution in [3.63, 3.8) is 0 Å². The molecule has 0 bridgehead atoms. The summed E-state index contributed by atoms with van der Waals surface area (Å²) in [5.41, 5.74) is 1.60. The van der Waals surface area contributed by atoms with Crippen molar-refractivity contribution in [1.82, 2.24) is 5.32 Å². The van der Waals surface area contributed by atoms with Crippen molar-refractivity contribution in [3.8, 4) is 11.5 Å². The molecule has 3 aliphatic rings. The van der Waals surface area contributed by atoms with Gasteiger partial charge in [-0.15, -0.1) is 0 Å². The zero-order chi connectivity index (χ0) is 24.4. The molecule has 0 unspecified atom stereocenters. The zero-order valence-corrected chi connectivity index (χ0v) is 22.2. The van der Waals surface area contributed by atoms with Gasteiger partial charge in [0, 0.05) is 40.1 Å². The minimum atomic E-state index is -0.482. The minimum Gasteiger partial charge on any atom is -0.457 e. The Morgan fingerprint density at radius 2 is 1.43 bits per heavy atom. The van der Waals surface area contributed by atoms with Crippen molar-refractivity contribution in [2.45, 2.75) is 82.7 Å². The first kappa shape index (κ1) is 24.9. The fourth-order valence-electron chi connectivity index (χ4n) is 6.68. The van der Waals surface area contributed by atoms with E-state index in [-0.39, 0.29) is 11.9 Å². The van der Waals surface area contributed by atoms with Gasteiger partial charge in [0.1, 0.15) is 11.5 Å². The lowest BCUT2D eigenvalue weighted by Gasteiger charge is -2.49. The van der Waals surface area contributed by atoms with Gasteiger partial charge in [0.05, 0.1) is 31.6 Å². The number of rotatable bonds is 4. The molecule has 1 saturated carbocycles. The maximum absolute atomic E-state index is 13.8. The SMILES string of the molecule is CC[N+]1(C2CCCCCCC2)CCC(NC(=O)C2c3cc(Cl)ccc3Oc3ccc(Cl)cc32)CC1. The fourth-order valence-corrected chi connectivity index (χ4v) is 7.04. The van der Waals surface area contributed by atoms with Gasteiger partial charge in [-0.05, 0) is 69.0 Å². The molecular formula is C29H37Cl2N2O2+. The third-order valence-corrected chi connectivity index (χ3v) is 9.19. The van der Waals surface area contributed by atoms with Crippen LogP contribution in [-0.2, 0) is 4.79 Å². The van der Waals surface area contributed by atoms with Crippen molar-refractivity contribution in [2.24, 2.45) is 0 Å². The first-order valence-electron chi connectivity index (χ1n) is 13.4. The van der Waals surface area contributed by atoms with Gasteiger partial charge in [0.25, 0.3) is 0 Å². The Balaban J connectivity index is 1.32. The van der Waals surface area contributed by atoms with E-state index in [0.717, 1.165) is 43.1 Å². The van der Waals surface area contributed by atoms with Crippen LogP contribution in [-0.4, -0.2) is 42.1 Å². The number of nitrogens with one attached hydrogen (secondary N) is 1. The van der Waals surface area contributed by atoms with E-state index in [1.54, 1.807) is 12.1 Å². The maximum atomic E-state index is 13.8. The third kappa shape index (κ3) is 5.21. The molecule has 188 valence electrons. The molecule has 2 aromatic rings. The lowest BCUT2D eigenvalue weighted by Crippen LogP contribution is -2.61. The summed E-state index contributed by atoms with van der Waals surface area (Å²) in [7, 11) is 0. The molecule has 4 nitrogen and oxygen atoms in total. The minimum absolute atomic E-state index is 0.00721. The Hall–Kier alpha value is -1.75. The fraction of sp³-hybridized carbons (Fsp3) is 0.552. The van der Waals surface area contributed by atoms with Gasteiger partial charge >= 0.3 is 0 Å². The second kappa shape index (κ2) is 10.7. The number of hydrogen-bond donors (Lipinski definition) is 1. The summed E-state index contributed by atoms with van der Waals surface area (Å²) in [4.78, 5) is 13.8. The summed E-state index contributed by atoms with van der Waals surface area (Å²) in [6.07, 6.45) is 11.7. The van der Waals surface area contributed by atoms with Crippen LogP contribution in [0.1, 0.15) is 81.8 Å². The molecule has 6 heteroatoms. The van der Waals surface area contributed by atoms with E-state index in [9.17, 15) is 4.79 Å². The van der Waals surface area contributed by atoms with Gasteiger partial charge in [-0.2, -0.15) is 0 Å². The van der Waals surface area contributed by atoms with E-state index in [1.165, 1.54) is 56.0 Å². The van der Waals surface area contributed by atoms with Crippen LogP contribution in [0.25, 0.3) is 0 Å². The normalized spacial score (nSPS) is 25.5. The van der Waals surface area contributed by atoms with Crippen molar-refractivity contribution >= 4 is 29.1 Å². The average molecular weight is 517 g/mol. The van der Waals surface area contributed by atoms with Crippen LogP contribution >= 0.6 is 23.2 Å². The molecule has 0 spiro atoms. The smallest absolute Gasteiger partial charge is 0.232 e. The monoisotopic (exact) mass is 515 g/mol. The van der Waals surface area contributed by atoms with Crippen molar-refractivity contribution in [1.29, 1.82) is 0 Å². The second-order valence-corrected chi connectivity index (χ2v) is 11.5. The van der Waals surface area contributed by atoms with Gasteiger partial charge in [-0.1, -0.05) is 42.5 Å². The molecule has 0 atom stereocenters. The van der Waals surface area contributed by atoms with Crippen molar-refractivity contribution in [2.75, 3.05) is 19.6 Å². The largest absolute Gasteiger partial charge is 0.457 e. The lowest BCUT2D eigenvalue weighted by atomic mass is 9.86. The molecular weight excluding hydrogens is 479 g/mol. The highest BCUT2D eigenvalue weighted by Gasteiger charge is 2.41. The van der Waals surface area contributed by atoms with Crippen LogP contribution in [0.2, 0.25) is 10.0 Å². The Morgan fingerprint density at radius 1 is 0.886 bits per heavy atom. The zero-order valence-electron chi connectivity index (χ0n) is 20.7. The highest BCUT2D eigenvalue weighted by Crippen LogP contribution is 2.46. The van der Waals surface area contributed by atoms with Gasteiger partial charge < -0.3 is 14.5 Å². The lowest BCUT2D eigenvalue weighted by molar-refractivity contribution is -0.954. The summed E-state index contributed by atoms with van der Waals surface area (Å²) >= 11 is 12.6. The molecule has 2 fully saturated rings. The molecule has 1 N–H and O–H groups in total. The number of nitrogens with zero attached hydrogens (tertiary/aromatic N) is 1. The van der Waals surface area contributed by atoms with Crippen LogP contribution < -0.4 is 10.1 Å². The quantitative estimate of drug-likeness (QED) is 0.429. The Kier molecular flexibility index (Phi) is 7.62. The van der Waals surface area contributed by atoms with Crippen molar-refractivity contribution in [3.05, 3.63) is 57.6 Å². The van der Waals surface area contributed by atoms with Gasteiger partial charge in [0.15, 0.2) is 0 Å². The number of likely N-dealkylation sites (tertiary alicyclic amines) is 1. The number of fused-ring (bicyclic) bond motifs is 2. The number of piperidine rings is 1. The summed E-state index contributed by atoms with van der Waals surface area (Å²) < 4.78 is 7.32. The van der Waals surface area contributed by atoms with E-state index in [1.807, 2.05) is 24.3 Å². The molecule has 0 aromatic heterocycles. The number of quaternary nitrogens is 1. The molecule has 2 aliphatic heterocycles. The molecule has 35 heavy (non-hydrogen) atoms. The number of amides is 1. The van der Waals surface area contributed by atoms with Crippen molar-refractivity contribution < 1.29 is 14.0 Å². The van der Waals surface area contributed by atoms with E-state index >= 15 is 0 Å². The summed E-state index contributed by atoms with van der Waals surface area (Å²) in [6, 6.07) is 12.0. The third-order valence-electron chi connectivity index (χ3n) is 8.72. The average Bonchev–Trinajstić information content (AvgIpc) is 2.83. The number of halogens is 2. The summed E-state index contributed by atoms with van der Waals surface area (Å²) in [5, 5.41) is 4.60. The van der Waals surface area contributed by atoms with Crippen LogP contribution in [0, 0.1) is 0 Å². The molecule has 5 rings (SSSR count). The second-order valence-electron chi connectivity index (χ2n) is 10.7. The Morgan fingerprint density at radius 3 is 1.97 bits per heavy atom. The summed E-state index contributed by atoms with van der Waals surface area (Å²) in [6.45, 7) is 5.87. The van der Waals surface area contributed by atoms with Crippen LogP contribution in [0.4, 0.5) is 0 Å². The summed E-state index contributed by atoms with van der Waals surface area (Å²) in [5.74, 6) is 0.884. The predicted octanol–water partition coefficient (Wildman–Crippen LogP) is 7.46. The standard InChI is InChI=1S/C29H36Cl2N2O2/c1-2-33(23-8-6-4-3-5-7-9-23)16-14-22(15-17-33)32-29(34)28-24-18-20(30)10-12-26(24)35-27-13-11-21(31)19-25(27)28/h10-13,18-19,22-23,28H,2-9,14-17H2,1H3/p+1. The number of carbonyl (C=O) groups is 1. The first-order chi connectivity index (χ1) is 17.0. The highest BCUT2D eigenvalue weighted by molar-refractivity contribution is 6.31. The predicted molar refractivity (Wildman–Crippen MR) is 143 cm³/mol. The highest BCUT2D eigenvalue weighted by atomic mass is 35.5. The number of carbonyl (C=O) groups excluding carboxylic acids is 1. The Labute approximate surface area is 219 Å². The molecule has 0 radical (unpaired) electrons. The topological polar surface area (TPSA) is 38.3 Å². The molecule has 2 heterocycles. The van der Waals surface area contributed by atoms with E-state index < -0.39 is 5.92 Å². The van der Waals surface area contributed by atoms with Crippen LogP contribution in [0.15, 0.2) is 36.4 Å². The number of ether oxygens (including phenoxy) is 1. The van der Waals surface area contributed by atoms with E-state index in [2.05, 4.69) is 12.2 Å².